The number of morpholine rings is 1. The summed E-state index contributed by atoms with van der Waals surface area (Å²) in [5, 5.41) is 12.4. The summed E-state index contributed by atoms with van der Waals surface area (Å²) < 4.78 is 11.1. The van der Waals surface area contributed by atoms with Crippen LogP contribution in [0.3, 0.4) is 0 Å². The van der Waals surface area contributed by atoms with Gasteiger partial charge in [0.25, 0.3) is 0 Å². The van der Waals surface area contributed by atoms with E-state index in [9.17, 15) is 0 Å². The first-order valence-corrected chi connectivity index (χ1v) is 13.7. The van der Waals surface area contributed by atoms with E-state index < -0.39 is 0 Å². The highest BCUT2D eigenvalue weighted by Crippen LogP contribution is 2.18. The largest absolute Gasteiger partial charge is 0.497 e. The van der Waals surface area contributed by atoms with Crippen LogP contribution >= 0.6 is 0 Å². The number of ether oxygens (including phenoxy) is 2. The number of piperazine rings is 1. The fourth-order valence-corrected chi connectivity index (χ4v) is 4.76. The standard InChI is InChI=1S/C28H37N11O2/c1-21(18-39(29-2)19-25-17-30-7-12-41-25)35-26-33-20-34-28(36-26)38-10-8-37(9-11-38)27-31-15-23(16-32-27)13-22-5-4-6-24(14-22)40-3/h4-6,14-16,18,20,25,30H,2,7-13,17,19H2,1,3H3,(H,33,34,35,36)/b21-18+/t25-/m0/s1. The Hall–Kier alpha value is -4.36. The van der Waals surface area contributed by atoms with Crippen LogP contribution in [0.5, 0.6) is 5.75 Å². The highest BCUT2D eigenvalue weighted by molar-refractivity contribution is 5.42. The van der Waals surface area contributed by atoms with E-state index in [1.54, 1.807) is 12.1 Å². The maximum absolute atomic E-state index is 5.77. The molecule has 5 rings (SSSR count). The minimum atomic E-state index is 0.0583. The van der Waals surface area contributed by atoms with Crippen LogP contribution in [0.4, 0.5) is 17.8 Å². The summed E-state index contributed by atoms with van der Waals surface area (Å²) in [7, 11) is 1.68. The summed E-state index contributed by atoms with van der Waals surface area (Å²) in [5.41, 5.74) is 3.05. The average Bonchev–Trinajstić information content (AvgIpc) is 3.02. The van der Waals surface area contributed by atoms with Crippen molar-refractivity contribution in [2.75, 3.05) is 74.6 Å². The number of nitrogens with zero attached hydrogens (tertiary/aromatic N) is 9. The van der Waals surface area contributed by atoms with Gasteiger partial charge in [0.1, 0.15) is 12.1 Å². The molecule has 0 unspecified atom stereocenters. The molecule has 13 nitrogen and oxygen atoms in total. The minimum absolute atomic E-state index is 0.0583. The second-order valence-corrected chi connectivity index (χ2v) is 9.90. The lowest BCUT2D eigenvalue weighted by atomic mass is 10.1. The van der Waals surface area contributed by atoms with Crippen LogP contribution in [-0.4, -0.2) is 102 Å². The van der Waals surface area contributed by atoms with Gasteiger partial charge in [-0.3, -0.25) is 5.01 Å². The number of anilines is 3. The van der Waals surface area contributed by atoms with Crippen molar-refractivity contribution in [2.45, 2.75) is 19.4 Å². The van der Waals surface area contributed by atoms with Crippen LogP contribution in [0.15, 0.2) is 60.0 Å². The Bertz CT molecular complexity index is 1310. The summed E-state index contributed by atoms with van der Waals surface area (Å²) in [6.07, 6.45) is 8.01. The van der Waals surface area contributed by atoms with Gasteiger partial charge in [0.15, 0.2) is 0 Å². The van der Waals surface area contributed by atoms with Crippen molar-refractivity contribution >= 4 is 24.6 Å². The van der Waals surface area contributed by atoms with E-state index >= 15 is 0 Å². The third-order valence-corrected chi connectivity index (χ3v) is 6.87. The van der Waals surface area contributed by atoms with Crippen molar-refractivity contribution in [1.29, 1.82) is 0 Å². The number of hydrogen-bond donors (Lipinski definition) is 2. The lowest BCUT2D eigenvalue weighted by Crippen LogP contribution is -2.47. The molecule has 3 aromatic rings. The summed E-state index contributed by atoms with van der Waals surface area (Å²) in [4.78, 5) is 26.9. The Balaban J connectivity index is 1.13. The van der Waals surface area contributed by atoms with Crippen LogP contribution in [0.1, 0.15) is 18.1 Å². The van der Waals surface area contributed by atoms with Gasteiger partial charge in [-0.05, 0) is 30.2 Å². The molecule has 2 N–H and O–H groups in total. The van der Waals surface area contributed by atoms with E-state index in [0.29, 0.717) is 25.0 Å². The van der Waals surface area contributed by atoms with Gasteiger partial charge >= 0.3 is 0 Å². The minimum Gasteiger partial charge on any atom is -0.497 e. The Morgan fingerprint density at radius 3 is 2.63 bits per heavy atom. The first kappa shape index (κ1) is 28.2. The molecule has 2 fully saturated rings. The Morgan fingerprint density at radius 1 is 1.15 bits per heavy atom. The summed E-state index contributed by atoms with van der Waals surface area (Å²) in [6.45, 7) is 11.6. The topological polar surface area (TPSA) is 129 Å². The van der Waals surface area contributed by atoms with Crippen molar-refractivity contribution in [3.05, 3.63) is 66.0 Å². The van der Waals surface area contributed by atoms with Gasteiger partial charge in [-0.15, -0.1) is 0 Å². The SMILES string of the molecule is C=NN(/C=C(\C)Nc1ncnc(N2CCN(c3ncc(Cc4cccc(OC)c4)cn3)CC2)n1)C[C@@H]1CNCCO1. The summed E-state index contributed by atoms with van der Waals surface area (Å²) in [6, 6.07) is 8.05. The number of nitrogens with one attached hydrogen (secondary N) is 2. The molecule has 2 saturated heterocycles. The zero-order valence-electron chi connectivity index (χ0n) is 23.6. The maximum atomic E-state index is 5.77. The van der Waals surface area contributed by atoms with Gasteiger partial charge in [-0.1, -0.05) is 12.1 Å². The zero-order chi connectivity index (χ0) is 28.4. The van der Waals surface area contributed by atoms with Gasteiger partial charge in [-0.2, -0.15) is 10.1 Å². The molecule has 13 heteroatoms. The lowest BCUT2D eigenvalue weighted by molar-refractivity contribution is 0.0138. The fraction of sp³-hybridized carbons (Fsp3) is 0.429. The molecular formula is C28H37N11O2. The number of aromatic nitrogens is 5. The summed E-state index contributed by atoms with van der Waals surface area (Å²) in [5.74, 6) is 2.68. The zero-order valence-corrected chi connectivity index (χ0v) is 23.6. The van der Waals surface area contributed by atoms with E-state index in [1.165, 1.54) is 6.33 Å². The second kappa shape index (κ2) is 13.8. The van der Waals surface area contributed by atoms with Gasteiger partial charge in [0, 0.05) is 76.7 Å². The molecule has 0 spiro atoms. The van der Waals surface area contributed by atoms with Crippen LogP contribution < -0.4 is 25.2 Å². The average molecular weight is 560 g/mol. The first-order chi connectivity index (χ1) is 20.1. The molecule has 2 aromatic heterocycles. The van der Waals surface area contributed by atoms with E-state index in [1.807, 2.05) is 43.7 Å². The third kappa shape index (κ3) is 7.86. The Morgan fingerprint density at radius 2 is 1.93 bits per heavy atom. The predicted molar refractivity (Wildman–Crippen MR) is 158 cm³/mol. The maximum Gasteiger partial charge on any atom is 0.231 e. The lowest BCUT2D eigenvalue weighted by Gasteiger charge is -2.34. The monoisotopic (exact) mass is 559 g/mol. The Kier molecular flexibility index (Phi) is 9.49. The van der Waals surface area contributed by atoms with Gasteiger partial charge in [0.05, 0.1) is 26.4 Å². The number of hydrogen-bond acceptors (Lipinski definition) is 13. The van der Waals surface area contributed by atoms with Crippen LogP contribution in [-0.2, 0) is 11.2 Å². The molecule has 216 valence electrons. The summed E-state index contributed by atoms with van der Waals surface area (Å²) >= 11 is 0. The molecule has 0 saturated carbocycles. The quantitative estimate of drug-likeness (QED) is 0.262. The van der Waals surface area contributed by atoms with Crippen molar-refractivity contribution < 1.29 is 9.47 Å². The normalized spacial score (nSPS) is 17.7. The van der Waals surface area contributed by atoms with E-state index in [4.69, 9.17) is 9.47 Å². The Labute approximate surface area is 240 Å². The predicted octanol–water partition coefficient (Wildman–Crippen LogP) is 1.77. The first-order valence-electron chi connectivity index (χ1n) is 13.7. The molecular weight excluding hydrogens is 522 g/mol. The fourth-order valence-electron chi connectivity index (χ4n) is 4.76. The molecule has 0 aliphatic carbocycles. The van der Waals surface area contributed by atoms with Crippen molar-refractivity contribution in [1.82, 2.24) is 35.2 Å². The van der Waals surface area contributed by atoms with Gasteiger partial charge in [-0.25, -0.2) is 19.9 Å². The molecule has 4 heterocycles. The second-order valence-electron chi connectivity index (χ2n) is 9.90. The van der Waals surface area contributed by atoms with E-state index in [2.05, 4.69) is 63.2 Å². The molecule has 0 radical (unpaired) electrons. The number of allylic oxidation sites excluding steroid dienone is 1. The highest BCUT2D eigenvalue weighted by Gasteiger charge is 2.21. The van der Waals surface area contributed by atoms with Gasteiger partial charge in [0.2, 0.25) is 17.8 Å². The molecule has 2 aliphatic rings. The van der Waals surface area contributed by atoms with Crippen LogP contribution in [0.2, 0.25) is 0 Å². The van der Waals surface area contributed by atoms with Crippen LogP contribution in [0.25, 0.3) is 0 Å². The molecule has 0 bridgehead atoms. The number of methoxy groups -OCH3 is 1. The molecule has 41 heavy (non-hydrogen) atoms. The molecule has 2 aliphatic heterocycles. The van der Waals surface area contributed by atoms with Crippen molar-refractivity contribution in [3.63, 3.8) is 0 Å². The molecule has 1 atom stereocenters. The molecule has 0 amide bonds. The number of benzene rings is 1. The third-order valence-electron chi connectivity index (χ3n) is 6.87. The van der Waals surface area contributed by atoms with Crippen molar-refractivity contribution in [2.24, 2.45) is 5.10 Å². The number of hydrazone groups is 1. The van der Waals surface area contributed by atoms with Crippen molar-refractivity contribution in [3.8, 4) is 5.75 Å². The van der Waals surface area contributed by atoms with Gasteiger partial charge < -0.3 is 29.9 Å². The van der Waals surface area contributed by atoms with E-state index in [0.717, 1.165) is 74.2 Å². The number of rotatable bonds is 11. The van der Waals surface area contributed by atoms with Crippen LogP contribution in [0, 0.1) is 0 Å². The highest BCUT2D eigenvalue weighted by atomic mass is 16.5. The van der Waals surface area contributed by atoms with E-state index in [-0.39, 0.29) is 6.10 Å². The molecule has 1 aromatic carbocycles. The smallest absolute Gasteiger partial charge is 0.231 e.